The van der Waals surface area contributed by atoms with Gasteiger partial charge in [-0.1, -0.05) is 41.9 Å². The van der Waals surface area contributed by atoms with Crippen molar-refractivity contribution in [2.24, 2.45) is 0 Å². The van der Waals surface area contributed by atoms with Gasteiger partial charge in [0, 0.05) is 10.6 Å². The first-order valence-electron chi connectivity index (χ1n) is 7.48. The van der Waals surface area contributed by atoms with Crippen LogP contribution in [0.4, 0.5) is 0 Å². The Morgan fingerprint density at radius 3 is 2.50 bits per heavy atom. The smallest absolute Gasteiger partial charge is 0.254 e. The fraction of sp³-hybridized carbons (Fsp3) is 0.0526. The number of nitrogens with zero attached hydrogens (tertiary/aromatic N) is 2. The molecule has 0 unspecified atom stereocenters. The van der Waals surface area contributed by atoms with Crippen molar-refractivity contribution in [3.63, 3.8) is 0 Å². The summed E-state index contributed by atoms with van der Waals surface area (Å²) in [5, 5.41) is 11.0. The Kier molecular flexibility index (Phi) is 3.89. The van der Waals surface area contributed by atoms with Gasteiger partial charge in [0.1, 0.15) is 5.75 Å². The van der Waals surface area contributed by atoms with E-state index in [4.69, 9.17) is 20.8 Å². The van der Waals surface area contributed by atoms with Gasteiger partial charge in [-0.25, -0.2) is 0 Å². The lowest BCUT2D eigenvalue weighted by Gasteiger charge is -2.04. The molecule has 5 heteroatoms. The highest BCUT2D eigenvalue weighted by molar-refractivity contribution is 6.30. The van der Waals surface area contributed by atoms with Crippen LogP contribution in [0.2, 0.25) is 5.02 Å². The van der Waals surface area contributed by atoms with Gasteiger partial charge in [-0.3, -0.25) is 0 Å². The van der Waals surface area contributed by atoms with Crippen LogP contribution >= 0.6 is 11.6 Å². The topological polar surface area (TPSA) is 48.2 Å². The molecule has 0 radical (unpaired) electrons. The summed E-state index contributed by atoms with van der Waals surface area (Å²) in [4.78, 5) is 0. The summed E-state index contributed by atoms with van der Waals surface area (Å²) in [6.07, 6.45) is 0. The van der Waals surface area contributed by atoms with Gasteiger partial charge >= 0.3 is 0 Å². The van der Waals surface area contributed by atoms with Crippen molar-refractivity contribution < 1.29 is 9.15 Å². The summed E-state index contributed by atoms with van der Waals surface area (Å²) in [6, 6.07) is 21.3. The molecule has 0 amide bonds. The Morgan fingerprint density at radius 1 is 0.875 bits per heavy atom. The second kappa shape index (κ2) is 6.34. The normalized spacial score (nSPS) is 10.9. The maximum absolute atomic E-state index is 5.88. The molecule has 4 rings (SSSR count). The predicted octanol–water partition coefficient (Wildman–Crippen LogP) is 5.12. The average molecular weight is 337 g/mol. The van der Waals surface area contributed by atoms with E-state index in [1.54, 1.807) is 12.1 Å². The maximum atomic E-state index is 5.88. The van der Waals surface area contributed by atoms with Crippen molar-refractivity contribution in [2.45, 2.75) is 6.61 Å². The first kappa shape index (κ1) is 14.7. The molecule has 4 nitrogen and oxygen atoms in total. The molecule has 0 atom stereocenters. The zero-order valence-corrected chi connectivity index (χ0v) is 13.4. The van der Waals surface area contributed by atoms with Crippen LogP contribution < -0.4 is 4.74 Å². The summed E-state index contributed by atoms with van der Waals surface area (Å²) in [5.74, 6) is 1.64. The Hall–Kier alpha value is -2.85. The number of aromatic nitrogens is 2. The van der Waals surface area contributed by atoms with Crippen molar-refractivity contribution in [3.05, 3.63) is 77.6 Å². The van der Waals surface area contributed by atoms with Crippen LogP contribution in [-0.2, 0) is 6.61 Å². The number of hydrogen-bond acceptors (Lipinski definition) is 4. The van der Waals surface area contributed by atoms with E-state index in [9.17, 15) is 0 Å². The fourth-order valence-corrected chi connectivity index (χ4v) is 2.55. The molecule has 0 spiro atoms. The minimum Gasteiger partial charge on any atom is -0.484 e. The van der Waals surface area contributed by atoms with Gasteiger partial charge < -0.3 is 9.15 Å². The molecule has 3 aromatic carbocycles. The van der Waals surface area contributed by atoms with Gasteiger partial charge in [0.05, 0.1) is 0 Å². The number of halogens is 1. The number of hydrogen-bond donors (Lipinski definition) is 0. The van der Waals surface area contributed by atoms with E-state index in [0.717, 1.165) is 16.7 Å². The Balaban J connectivity index is 1.48. The fourth-order valence-electron chi connectivity index (χ4n) is 2.42. The van der Waals surface area contributed by atoms with Crippen LogP contribution in [0.15, 0.2) is 71.1 Å². The molecule has 0 aliphatic rings. The van der Waals surface area contributed by atoms with E-state index in [1.807, 2.05) is 48.5 Å². The van der Waals surface area contributed by atoms with E-state index < -0.39 is 0 Å². The SMILES string of the molecule is Clc1ccc(-c2nnc(COc3ccc4ccccc4c3)o2)cc1. The second-order valence-corrected chi connectivity index (χ2v) is 5.74. The molecule has 0 bridgehead atoms. The second-order valence-electron chi connectivity index (χ2n) is 5.31. The van der Waals surface area contributed by atoms with Crippen LogP contribution in [0.25, 0.3) is 22.2 Å². The van der Waals surface area contributed by atoms with E-state index >= 15 is 0 Å². The van der Waals surface area contributed by atoms with Crippen molar-refractivity contribution in [1.29, 1.82) is 0 Å². The predicted molar refractivity (Wildman–Crippen MR) is 93.0 cm³/mol. The van der Waals surface area contributed by atoms with Gasteiger partial charge in [0.25, 0.3) is 5.89 Å². The summed E-state index contributed by atoms with van der Waals surface area (Å²) < 4.78 is 11.4. The van der Waals surface area contributed by atoms with Crippen LogP contribution in [-0.4, -0.2) is 10.2 Å². The van der Waals surface area contributed by atoms with Crippen molar-refractivity contribution in [1.82, 2.24) is 10.2 Å². The van der Waals surface area contributed by atoms with E-state index in [1.165, 1.54) is 5.39 Å². The lowest BCUT2D eigenvalue weighted by molar-refractivity contribution is 0.265. The Bertz CT molecular complexity index is 980. The molecular weight excluding hydrogens is 324 g/mol. The Labute approximate surface area is 143 Å². The van der Waals surface area contributed by atoms with Crippen LogP contribution in [0.5, 0.6) is 5.75 Å². The lowest BCUT2D eigenvalue weighted by atomic mass is 10.1. The first-order chi connectivity index (χ1) is 11.8. The average Bonchev–Trinajstić information content (AvgIpc) is 3.09. The molecule has 0 saturated carbocycles. The number of ether oxygens (including phenoxy) is 1. The molecule has 0 N–H and O–H groups in total. The van der Waals surface area contributed by atoms with E-state index in [2.05, 4.69) is 16.3 Å². The molecule has 0 aliphatic carbocycles. The zero-order valence-electron chi connectivity index (χ0n) is 12.6. The van der Waals surface area contributed by atoms with Gasteiger partial charge in [-0.05, 0) is 47.2 Å². The zero-order chi connectivity index (χ0) is 16.4. The van der Waals surface area contributed by atoms with E-state index in [0.29, 0.717) is 16.8 Å². The summed E-state index contributed by atoms with van der Waals surface area (Å²) in [5.41, 5.74) is 0.823. The van der Waals surface area contributed by atoms with Crippen LogP contribution in [0.3, 0.4) is 0 Å². The highest BCUT2D eigenvalue weighted by atomic mass is 35.5. The van der Waals surface area contributed by atoms with Crippen LogP contribution in [0.1, 0.15) is 5.89 Å². The highest BCUT2D eigenvalue weighted by Crippen LogP contribution is 2.23. The number of rotatable bonds is 4. The standard InChI is InChI=1S/C19H13ClN2O2/c20-16-8-5-14(6-9-16)19-22-21-18(24-19)12-23-17-10-7-13-3-1-2-4-15(13)11-17/h1-11H,12H2. The number of benzene rings is 3. The lowest BCUT2D eigenvalue weighted by Crippen LogP contribution is -1.95. The minimum atomic E-state index is 0.221. The number of fused-ring (bicyclic) bond motifs is 1. The highest BCUT2D eigenvalue weighted by Gasteiger charge is 2.09. The third kappa shape index (κ3) is 3.09. The van der Waals surface area contributed by atoms with Gasteiger partial charge in [0.15, 0.2) is 6.61 Å². The maximum Gasteiger partial charge on any atom is 0.254 e. The molecule has 0 fully saturated rings. The van der Waals surface area contributed by atoms with Crippen molar-refractivity contribution in [2.75, 3.05) is 0 Å². The monoisotopic (exact) mass is 336 g/mol. The van der Waals surface area contributed by atoms with Crippen molar-refractivity contribution >= 4 is 22.4 Å². The summed E-state index contributed by atoms with van der Waals surface area (Å²) >= 11 is 5.88. The largest absolute Gasteiger partial charge is 0.484 e. The summed E-state index contributed by atoms with van der Waals surface area (Å²) in [7, 11) is 0. The molecule has 24 heavy (non-hydrogen) atoms. The van der Waals surface area contributed by atoms with Gasteiger partial charge in [0.2, 0.25) is 5.89 Å². The molecule has 0 saturated heterocycles. The summed E-state index contributed by atoms with van der Waals surface area (Å²) in [6.45, 7) is 0.221. The van der Waals surface area contributed by atoms with Gasteiger partial charge in [-0.2, -0.15) is 0 Å². The Morgan fingerprint density at radius 2 is 1.67 bits per heavy atom. The molecule has 118 valence electrons. The molecule has 1 aromatic heterocycles. The van der Waals surface area contributed by atoms with Crippen molar-refractivity contribution in [3.8, 4) is 17.2 Å². The quantitative estimate of drug-likeness (QED) is 0.519. The molecular formula is C19H13ClN2O2. The molecule has 0 aliphatic heterocycles. The third-order valence-corrected chi connectivity index (χ3v) is 3.89. The molecule has 1 heterocycles. The minimum absolute atomic E-state index is 0.221. The third-order valence-electron chi connectivity index (χ3n) is 3.64. The molecule has 4 aromatic rings. The van der Waals surface area contributed by atoms with Crippen LogP contribution in [0, 0.1) is 0 Å². The van der Waals surface area contributed by atoms with E-state index in [-0.39, 0.29) is 6.61 Å². The first-order valence-corrected chi connectivity index (χ1v) is 7.86. The van der Waals surface area contributed by atoms with Gasteiger partial charge in [-0.15, -0.1) is 10.2 Å².